The maximum atomic E-state index is 12.0. The van der Waals surface area contributed by atoms with Crippen molar-refractivity contribution in [3.63, 3.8) is 0 Å². The number of hydrogen-bond donors (Lipinski definition) is 2. The molecule has 0 aliphatic heterocycles. The summed E-state index contributed by atoms with van der Waals surface area (Å²) >= 11 is 7.12. The standard InChI is InChI=1S/C12H10ClN3O3S.CH4/c13-8-3-1-2-7(5-19-6-17)10(8)16-11(18)9-4-15-12(14)20-9;/h1-4,6H,5H2,(H2,14,15)(H,16,18);1H4. The fourth-order valence-corrected chi connectivity index (χ4v) is 2.34. The SMILES string of the molecule is C.Nc1ncc(C(=O)Nc2c(Cl)cccc2COC=O)s1. The molecule has 6 nitrogen and oxygen atoms in total. The molecule has 0 spiro atoms. The van der Waals surface area contributed by atoms with Crippen LogP contribution in [0.15, 0.2) is 24.4 Å². The first-order chi connectivity index (χ1) is 9.61. The Hall–Kier alpha value is -2.12. The van der Waals surface area contributed by atoms with Gasteiger partial charge in [-0.05, 0) is 6.07 Å². The lowest BCUT2D eigenvalue weighted by Gasteiger charge is -2.11. The molecule has 0 atom stereocenters. The lowest BCUT2D eigenvalue weighted by molar-refractivity contribution is -0.129. The number of para-hydroxylation sites is 1. The lowest BCUT2D eigenvalue weighted by Crippen LogP contribution is -2.12. The third kappa shape index (κ3) is 4.17. The molecule has 0 saturated carbocycles. The van der Waals surface area contributed by atoms with Gasteiger partial charge in [0.05, 0.1) is 16.9 Å². The van der Waals surface area contributed by atoms with E-state index in [-0.39, 0.29) is 19.9 Å². The Morgan fingerprint density at radius 3 is 2.90 bits per heavy atom. The largest absolute Gasteiger partial charge is 0.463 e. The number of nitrogens with one attached hydrogen (secondary N) is 1. The zero-order valence-electron chi connectivity index (χ0n) is 10.1. The summed E-state index contributed by atoms with van der Waals surface area (Å²) in [5.74, 6) is -0.375. The first-order valence-corrected chi connectivity index (χ1v) is 6.66. The molecule has 1 amide bonds. The van der Waals surface area contributed by atoms with E-state index in [0.29, 0.717) is 32.8 Å². The molecular formula is C13H14ClN3O3S. The van der Waals surface area contributed by atoms with Crippen molar-refractivity contribution in [2.75, 3.05) is 11.1 Å². The molecule has 0 fully saturated rings. The van der Waals surface area contributed by atoms with E-state index in [0.717, 1.165) is 11.3 Å². The summed E-state index contributed by atoms with van der Waals surface area (Å²) in [4.78, 5) is 26.5. The van der Waals surface area contributed by atoms with E-state index < -0.39 is 0 Å². The molecule has 2 rings (SSSR count). The van der Waals surface area contributed by atoms with Crippen LogP contribution in [0.5, 0.6) is 0 Å². The zero-order chi connectivity index (χ0) is 14.5. The second-order valence-electron chi connectivity index (χ2n) is 3.70. The number of hydrogen-bond acceptors (Lipinski definition) is 6. The van der Waals surface area contributed by atoms with Crippen LogP contribution in [0.4, 0.5) is 10.8 Å². The number of halogens is 1. The Kier molecular flexibility index (Phi) is 6.13. The van der Waals surface area contributed by atoms with Crippen molar-refractivity contribution in [1.29, 1.82) is 0 Å². The lowest BCUT2D eigenvalue weighted by atomic mass is 10.2. The van der Waals surface area contributed by atoms with E-state index in [1.165, 1.54) is 6.20 Å². The molecule has 0 aliphatic carbocycles. The minimum absolute atomic E-state index is 0. The average Bonchev–Trinajstić information content (AvgIpc) is 2.86. The zero-order valence-corrected chi connectivity index (χ0v) is 11.7. The number of ether oxygens (including phenoxy) is 1. The van der Waals surface area contributed by atoms with Gasteiger partial charge < -0.3 is 15.8 Å². The number of nitrogens with two attached hydrogens (primary N) is 1. The Labute approximate surface area is 130 Å². The Bertz CT molecular complexity index is 645. The summed E-state index contributed by atoms with van der Waals surface area (Å²) in [6, 6.07) is 5.03. The molecule has 1 aromatic carbocycles. The summed E-state index contributed by atoms with van der Waals surface area (Å²) in [6.07, 6.45) is 1.38. The van der Waals surface area contributed by atoms with Gasteiger partial charge in [-0.2, -0.15) is 0 Å². The molecule has 112 valence electrons. The third-order valence-electron chi connectivity index (χ3n) is 2.39. The third-order valence-corrected chi connectivity index (χ3v) is 3.53. The summed E-state index contributed by atoms with van der Waals surface area (Å²) in [7, 11) is 0. The summed E-state index contributed by atoms with van der Waals surface area (Å²) in [5.41, 5.74) is 6.47. The van der Waals surface area contributed by atoms with E-state index in [2.05, 4.69) is 15.0 Å². The van der Waals surface area contributed by atoms with Gasteiger partial charge in [0.2, 0.25) is 0 Å². The topological polar surface area (TPSA) is 94.3 Å². The number of aromatic nitrogens is 1. The van der Waals surface area contributed by atoms with Crippen molar-refractivity contribution in [3.8, 4) is 0 Å². The van der Waals surface area contributed by atoms with E-state index in [4.69, 9.17) is 17.3 Å². The second kappa shape index (κ2) is 7.61. The van der Waals surface area contributed by atoms with Gasteiger partial charge in [-0.1, -0.05) is 42.5 Å². The van der Waals surface area contributed by atoms with Crippen molar-refractivity contribution >= 4 is 46.1 Å². The maximum absolute atomic E-state index is 12.0. The highest BCUT2D eigenvalue weighted by Gasteiger charge is 2.14. The normalized spacial score (nSPS) is 9.57. The number of carbonyl (C=O) groups excluding carboxylic acids is 2. The van der Waals surface area contributed by atoms with Crippen molar-refractivity contribution in [2.24, 2.45) is 0 Å². The van der Waals surface area contributed by atoms with Crippen LogP contribution in [0.25, 0.3) is 0 Å². The molecule has 0 bridgehead atoms. The molecular weight excluding hydrogens is 314 g/mol. The number of amides is 1. The van der Waals surface area contributed by atoms with Gasteiger partial charge in [0.25, 0.3) is 12.4 Å². The number of nitrogens with zero attached hydrogens (tertiary/aromatic N) is 1. The first kappa shape index (κ1) is 16.9. The van der Waals surface area contributed by atoms with Crippen LogP contribution in [0.3, 0.4) is 0 Å². The van der Waals surface area contributed by atoms with Crippen LogP contribution in [0, 0.1) is 0 Å². The molecule has 1 heterocycles. The molecule has 0 saturated heterocycles. The van der Waals surface area contributed by atoms with Gasteiger partial charge in [0.15, 0.2) is 5.13 Å². The van der Waals surface area contributed by atoms with E-state index >= 15 is 0 Å². The summed E-state index contributed by atoms with van der Waals surface area (Å²) < 4.78 is 4.69. The van der Waals surface area contributed by atoms with Gasteiger partial charge in [-0.25, -0.2) is 4.98 Å². The fraction of sp³-hybridized carbons (Fsp3) is 0.154. The van der Waals surface area contributed by atoms with Gasteiger partial charge in [0, 0.05) is 5.56 Å². The fourth-order valence-electron chi connectivity index (χ4n) is 1.52. The Morgan fingerprint density at radius 2 is 2.29 bits per heavy atom. The average molecular weight is 328 g/mol. The van der Waals surface area contributed by atoms with Gasteiger partial charge in [-0.3, -0.25) is 9.59 Å². The summed E-state index contributed by atoms with van der Waals surface area (Å²) in [6.45, 7) is 0.348. The molecule has 1 aromatic heterocycles. The molecule has 2 aromatic rings. The van der Waals surface area contributed by atoms with Crippen LogP contribution >= 0.6 is 22.9 Å². The highest BCUT2D eigenvalue weighted by Crippen LogP contribution is 2.27. The van der Waals surface area contributed by atoms with Crippen molar-refractivity contribution < 1.29 is 14.3 Å². The second-order valence-corrected chi connectivity index (χ2v) is 5.17. The predicted molar refractivity (Wildman–Crippen MR) is 83.5 cm³/mol. The maximum Gasteiger partial charge on any atom is 0.293 e. The highest BCUT2D eigenvalue weighted by atomic mass is 35.5. The summed E-state index contributed by atoms with van der Waals surface area (Å²) in [5, 5.41) is 3.32. The van der Waals surface area contributed by atoms with Crippen LogP contribution in [0.1, 0.15) is 22.7 Å². The number of thiazole rings is 1. The molecule has 8 heteroatoms. The van der Waals surface area contributed by atoms with Crippen LogP contribution < -0.4 is 11.1 Å². The Morgan fingerprint density at radius 1 is 1.52 bits per heavy atom. The number of rotatable bonds is 5. The minimum Gasteiger partial charge on any atom is -0.463 e. The molecule has 21 heavy (non-hydrogen) atoms. The van der Waals surface area contributed by atoms with E-state index in [1.807, 2.05) is 0 Å². The highest BCUT2D eigenvalue weighted by molar-refractivity contribution is 7.17. The number of benzene rings is 1. The minimum atomic E-state index is -0.375. The van der Waals surface area contributed by atoms with E-state index in [9.17, 15) is 9.59 Å². The molecule has 0 aliphatic rings. The number of nitrogen functional groups attached to an aromatic ring is 1. The monoisotopic (exact) mass is 327 g/mol. The van der Waals surface area contributed by atoms with Crippen molar-refractivity contribution in [1.82, 2.24) is 4.98 Å². The molecule has 3 N–H and O–H groups in total. The van der Waals surface area contributed by atoms with E-state index in [1.54, 1.807) is 18.2 Å². The van der Waals surface area contributed by atoms with Crippen LogP contribution in [-0.4, -0.2) is 17.4 Å². The molecule has 0 unspecified atom stereocenters. The molecule has 0 radical (unpaired) electrons. The number of carbonyl (C=O) groups is 2. The Balaban J connectivity index is 0.00000220. The van der Waals surface area contributed by atoms with Crippen LogP contribution in [0.2, 0.25) is 5.02 Å². The first-order valence-electron chi connectivity index (χ1n) is 5.47. The van der Waals surface area contributed by atoms with Gasteiger partial charge in [-0.15, -0.1) is 0 Å². The smallest absolute Gasteiger partial charge is 0.293 e. The van der Waals surface area contributed by atoms with Gasteiger partial charge in [0.1, 0.15) is 11.5 Å². The van der Waals surface area contributed by atoms with Crippen LogP contribution in [-0.2, 0) is 16.1 Å². The quantitative estimate of drug-likeness (QED) is 0.823. The van der Waals surface area contributed by atoms with Gasteiger partial charge >= 0.3 is 0 Å². The van der Waals surface area contributed by atoms with Crippen molar-refractivity contribution in [3.05, 3.63) is 39.9 Å². The predicted octanol–water partition coefficient (Wildman–Crippen LogP) is 2.94. The number of anilines is 2. The van der Waals surface area contributed by atoms with Crippen molar-refractivity contribution in [2.45, 2.75) is 14.0 Å².